The van der Waals surface area contributed by atoms with E-state index in [1.54, 1.807) is 18.2 Å². The maximum atomic E-state index is 14.1. The average molecular weight is 310 g/mol. The van der Waals surface area contributed by atoms with Crippen LogP contribution in [0, 0.1) is 12.7 Å². The molecule has 21 heavy (non-hydrogen) atoms. The Morgan fingerprint density at radius 3 is 2.33 bits per heavy atom. The smallest absolute Gasteiger partial charge is 0.146 e. The summed E-state index contributed by atoms with van der Waals surface area (Å²) in [4.78, 5) is 0. The minimum absolute atomic E-state index is 0.320. The minimum atomic E-state index is -0.677. The molecule has 0 fully saturated rings. The fourth-order valence-electron chi connectivity index (χ4n) is 2.21. The number of benzene rings is 2. The van der Waals surface area contributed by atoms with Crippen LogP contribution >= 0.6 is 11.6 Å². The maximum absolute atomic E-state index is 14.1. The van der Waals surface area contributed by atoms with Crippen molar-refractivity contribution in [2.24, 2.45) is 5.73 Å². The van der Waals surface area contributed by atoms with E-state index < -0.39 is 6.04 Å². The van der Waals surface area contributed by atoms with Gasteiger partial charge in [-0.15, -0.1) is 0 Å². The standard InChI is InChI=1S/C16H17ClFNO2/c1-9-4-5-10(12(18)8-9)15(19)11-6-7-13(20-2)14(17)16(11)21-3/h4-8,15H,19H2,1-3H3. The summed E-state index contributed by atoms with van der Waals surface area (Å²) in [6, 6.07) is 7.68. The SMILES string of the molecule is COc1ccc(C(N)c2ccc(C)cc2F)c(OC)c1Cl. The largest absolute Gasteiger partial charge is 0.495 e. The van der Waals surface area contributed by atoms with Crippen molar-refractivity contribution < 1.29 is 13.9 Å². The van der Waals surface area contributed by atoms with Crippen LogP contribution in [0.15, 0.2) is 30.3 Å². The zero-order chi connectivity index (χ0) is 15.6. The molecule has 112 valence electrons. The average Bonchev–Trinajstić information content (AvgIpc) is 2.46. The van der Waals surface area contributed by atoms with E-state index in [4.69, 9.17) is 26.8 Å². The van der Waals surface area contributed by atoms with Crippen LogP contribution in [0.25, 0.3) is 0 Å². The van der Waals surface area contributed by atoms with Crippen LogP contribution in [-0.4, -0.2) is 14.2 Å². The fourth-order valence-corrected chi connectivity index (χ4v) is 2.54. The molecule has 0 saturated carbocycles. The van der Waals surface area contributed by atoms with Gasteiger partial charge in [0.2, 0.25) is 0 Å². The predicted molar refractivity (Wildman–Crippen MR) is 81.7 cm³/mol. The number of nitrogens with two attached hydrogens (primary N) is 1. The lowest BCUT2D eigenvalue weighted by molar-refractivity contribution is 0.390. The Morgan fingerprint density at radius 2 is 1.76 bits per heavy atom. The van der Waals surface area contributed by atoms with Crippen LogP contribution in [0.1, 0.15) is 22.7 Å². The third kappa shape index (κ3) is 2.96. The second-order valence-electron chi connectivity index (χ2n) is 4.71. The molecule has 1 unspecified atom stereocenters. The molecule has 0 heterocycles. The zero-order valence-corrected chi connectivity index (χ0v) is 12.9. The van der Waals surface area contributed by atoms with E-state index in [0.29, 0.717) is 27.6 Å². The molecule has 2 aromatic carbocycles. The van der Waals surface area contributed by atoms with E-state index in [-0.39, 0.29) is 5.82 Å². The molecular weight excluding hydrogens is 293 g/mol. The molecule has 0 radical (unpaired) electrons. The molecule has 2 aromatic rings. The molecule has 0 bridgehead atoms. The van der Waals surface area contributed by atoms with Crippen molar-refractivity contribution in [2.45, 2.75) is 13.0 Å². The van der Waals surface area contributed by atoms with Crippen molar-refractivity contribution in [3.8, 4) is 11.5 Å². The molecule has 0 aliphatic heterocycles. The molecule has 5 heteroatoms. The van der Waals surface area contributed by atoms with Gasteiger partial charge in [0.15, 0.2) is 0 Å². The lowest BCUT2D eigenvalue weighted by Gasteiger charge is -2.19. The Labute approximate surface area is 128 Å². The maximum Gasteiger partial charge on any atom is 0.146 e. The molecule has 0 amide bonds. The van der Waals surface area contributed by atoms with Crippen molar-refractivity contribution in [3.05, 3.63) is 57.9 Å². The van der Waals surface area contributed by atoms with Crippen LogP contribution in [0.2, 0.25) is 5.02 Å². The van der Waals surface area contributed by atoms with Crippen LogP contribution < -0.4 is 15.2 Å². The van der Waals surface area contributed by atoms with Crippen molar-refractivity contribution >= 4 is 11.6 Å². The van der Waals surface area contributed by atoms with Crippen molar-refractivity contribution in [3.63, 3.8) is 0 Å². The van der Waals surface area contributed by atoms with E-state index in [2.05, 4.69) is 0 Å². The van der Waals surface area contributed by atoms with E-state index in [1.807, 2.05) is 13.0 Å². The van der Waals surface area contributed by atoms with Crippen LogP contribution in [0.4, 0.5) is 4.39 Å². The molecule has 1 atom stereocenters. The molecule has 0 saturated heterocycles. The van der Waals surface area contributed by atoms with E-state index in [1.165, 1.54) is 20.3 Å². The first-order chi connectivity index (χ1) is 9.99. The lowest BCUT2D eigenvalue weighted by atomic mass is 9.97. The number of rotatable bonds is 4. The highest BCUT2D eigenvalue weighted by atomic mass is 35.5. The summed E-state index contributed by atoms with van der Waals surface area (Å²) in [6.45, 7) is 1.82. The van der Waals surface area contributed by atoms with Gasteiger partial charge in [-0.25, -0.2) is 4.39 Å². The van der Waals surface area contributed by atoms with Gasteiger partial charge >= 0.3 is 0 Å². The fraction of sp³-hybridized carbons (Fsp3) is 0.250. The number of ether oxygens (including phenoxy) is 2. The Bertz CT molecular complexity index is 661. The molecule has 0 aromatic heterocycles. The summed E-state index contributed by atoms with van der Waals surface area (Å²) >= 11 is 6.21. The number of methoxy groups -OCH3 is 2. The predicted octanol–water partition coefficient (Wildman–Crippen LogP) is 3.85. The number of aryl methyl sites for hydroxylation is 1. The second kappa shape index (κ2) is 6.33. The summed E-state index contributed by atoms with van der Waals surface area (Å²) in [6.07, 6.45) is 0. The van der Waals surface area contributed by atoms with Gasteiger partial charge in [0.05, 0.1) is 20.3 Å². The highest BCUT2D eigenvalue weighted by Gasteiger charge is 2.21. The van der Waals surface area contributed by atoms with Crippen LogP contribution in [0.3, 0.4) is 0 Å². The summed E-state index contributed by atoms with van der Waals surface area (Å²) in [5.74, 6) is 0.522. The van der Waals surface area contributed by atoms with Crippen molar-refractivity contribution in [1.29, 1.82) is 0 Å². The minimum Gasteiger partial charge on any atom is -0.495 e. The Morgan fingerprint density at radius 1 is 1.10 bits per heavy atom. The zero-order valence-electron chi connectivity index (χ0n) is 12.1. The second-order valence-corrected chi connectivity index (χ2v) is 5.08. The highest BCUT2D eigenvalue weighted by Crippen LogP contribution is 2.40. The molecular formula is C16H17ClFNO2. The Balaban J connectivity index is 2.52. The van der Waals surface area contributed by atoms with Gasteiger partial charge in [0, 0.05) is 11.1 Å². The lowest BCUT2D eigenvalue weighted by Crippen LogP contribution is -2.15. The van der Waals surface area contributed by atoms with E-state index in [9.17, 15) is 4.39 Å². The molecule has 2 N–H and O–H groups in total. The van der Waals surface area contributed by atoms with Gasteiger partial charge in [-0.1, -0.05) is 23.7 Å². The van der Waals surface area contributed by atoms with Gasteiger partial charge < -0.3 is 15.2 Å². The van der Waals surface area contributed by atoms with Gasteiger partial charge in [-0.2, -0.15) is 0 Å². The monoisotopic (exact) mass is 309 g/mol. The van der Waals surface area contributed by atoms with Crippen molar-refractivity contribution in [2.75, 3.05) is 14.2 Å². The van der Waals surface area contributed by atoms with E-state index >= 15 is 0 Å². The van der Waals surface area contributed by atoms with E-state index in [0.717, 1.165) is 5.56 Å². The molecule has 2 rings (SSSR count). The Hall–Kier alpha value is -1.78. The third-order valence-electron chi connectivity index (χ3n) is 3.34. The molecule has 0 spiro atoms. The third-order valence-corrected chi connectivity index (χ3v) is 3.70. The molecule has 3 nitrogen and oxygen atoms in total. The Kier molecular flexibility index (Phi) is 4.70. The highest BCUT2D eigenvalue weighted by molar-refractivity contribution is 6.33. The first kappa shape index (κ1) is 15.6. The number of halogens is 2. The van der Waals surface area contributed by atoms with Gasteiger partial charge in [-0.05, 0) is 30.7 Å². The van der Waals surface area contributed by atoms with Gasteiger partial charge in [0.25, 0.3) is 0 Å². The van der Waals surface area contributed by atoms with Gasteiger partial charge in [-0.3, -0.25) is 0 Å². The molecule has 0 aliphatic carbocycles. The summed E-state index contributed by atoms with van der Waals surface area (Å²) in [5, 5.41) is 0.320. The van der Waals surface area contributed by atoms with Crippen molar-refractivity contribution in [1.82, 2.24) is 0 Å². The van der Waals surface area contributed by atoms with Crippen LogP contribution in [0.5, 0.6) is 11.5 Å². The summed E-state index contributed by atoms with van der Waals surface area (Å²) in [5.41, 5.74) is 8.01. The first-order valence-electron chi connectivity index (χ1n) is 6.41. The van der Waals surface area contributed by atoms with Crippen LogP contribution in [-0.2, 0) is 0 Å². The van der Waals surface area contributed by atoms with Gasteiger partial charge in [0.1, 0.15) is 22.3 Å². The number of hydrogen-bond acceptors (Lipinski definition) is 3. The first-order valence-corrected chi connectivity index (χ1v) is 6.79. The molecule has 0 aliphatic rings. The number of hydrogen-bond donors (Lipinski definition) is 1. The summed E-state index contributed by atoms with van der Waals surface area (Å²) in [7, 11) is 3.00. The topological polar surface area (TPSA) is 44.5 Å². The summed E-state index contributed by atoms with van der Waals surface area (Å²) < 4.78 is 24.5. The normalized spacial score (nSPS) is 12.1. The quantitative estimate of drug-likeness (QED) is 0.933.